The van der Waals surface area contributed by atoms with Crippen molar-refractivity contribution in [1.29, 1.82) is 0 Å². The topological polar surface area (TPSA) is 57.8 Å². The van der Waals surface area contributed by atoms with Gasteiger partial charge in [-0.25, -0.2) is 0 Å². The van der Waals surface area contributed by atoms with Gasteiger partial charge in [0.25, 0.3) is 0 Å². The number of H-pyrrole nitrogens is 1. The lowest BCUT2D eigenvalue weighted by Gasteiger charge is -2.07. The number of allylic oxidation sites excluding steroid dienone is 2. The molecule has 1 amide bonds. The molecule has 68 valence electrons. The van der Waals surface area contributed by atoms with Gasteiger partial charge in [-0.15, -0.1) is 0 Å². The van der Waals surface area contributed by atoms with Crippen molar-refractivity contribution in [2.24, 2.45) is 5.92 Å². The molecular formula is C9H11N3O. The molecule has 0 saturated carbocycles. The Kier molecular flexibility index (Phi) is 2.12. The van der Waals surface area contributed by atoms with E-state index in [0.717, 1.165) is 12.8 Å². The smallest absolute Gasteiger partial charge is 0.229 e. The Morgan fingerprint density at radius 2 is 2.31 bits per heavy atom. The molecule has 0 bridgehead atoms. The number of carbonyl (C=O) groups excluding carboxylic acids is 1. The number of aromatic nitrogens is 2. The third kappa shape index (κ3) is 1.77. The molecule has 2 rings (SSSR count). The molecule has 1 aliphatic rings. The van der Waals surface area contributed by atoms with Crippen molar-refractivity contribution in [1.82, 2.24) is 10.2 Å². The summed E-state index contributed by atoms with van der Waals surface area (Å²) in [5.74, 6) is 0.828. The Hall–Kier alpha value is -1.58. The van der Waals surface area contributed by atoms with E-state index in [4.69, 9.17) is 0 Å². The molecule has 2 N–H and O–H groups in total. The van der Waals surface area contributed by atoms with E-state index in [-0.39, 0.29) is 11.8 Å². The van der Waals surface area contributed by atoms with E-state index in [9.17, 15) is 4.79 Å². The number of nitrogens with zero attached hydrogens (tertiary/aromatic N) is 1. The van der Waals surface area contributed by atoms with Crippen molar-refractivity contribution in [3.8, 4) is 0 Å². The highest BCUT2D eigenvalue weighted by molar-refractivity contribution is 5.92. The maximum atomic E-state index is 11.5. The Morgan fingerprint density at radius 1 is 1.54 bits per heavy atom. The zero-order valence-electron chi connectivity index (χ0n) is 7.16. The normalized spacial score (nSPS) is 16.3. The average molecular weight is 177 g/mol. The van der Waals surface area contributed by atoms with Crippen LogP contribution >= 0.6 is 0 Å². The summed E-state index contributed by atoms with van der Waals surface area (Å²) >= 11 is 0. The molecule has 1 aliphatic carbocycles. The van der Waals surface area contributed by atoms with E-state index in [2.05, 4.69) is 15.5 Å². The monoisotopic (exact) mass is 177 g/mol. The summed E-state index contributed by atoms with van der Waals surface area (Å²) in [6.07, 6.45) is 7.39. The molecule has 0 aliphatic heterocycles. The van der Waals surface area contributed by atoms with E-state index in [1.54, 1.807) is 12.3 Å². The van der Waals surface area contributed by atoms with Crippen molar-refractivity contribution in [3.05, 3.63) is 24.4 Å². The molecule has 0 atom stereocenters. The summed E-state index contributed by atoms with van der Waals surface area (Å²) < 4.78 is 0. The number of aromatic amines is 1. The molecule has 0 spiro atoms. The van der Waals surface area contributed by atoms with Gasteiger partial charge in [0.2, 0.25) is 5.91 Å². The van der Waals surface area contributed by atoms with Crippen LogP contribution in [0.1, 0.15) is 12.8 Å². The van der Waals surface area contributed by atoms with E-state index in [1.165, 1.54) is 0 Å². The minimum Gasteiger partial charge on any atom is -0.311 e. The fourth-order valence-electron chi connectivity index (χ4n) is 1.39. The minimum absolute atomic E-state index is 0.0641. The second kappa shape index (κ2) is 3.43. The molecule has 0 unspecified atom stereocenters. The Balaban J connectivity index is 1.92. The quantitative estimate of drug-likeness (QED) is 0.669. The van der Waals surface area contributed by atoms with Crippen molar-refractivity contribution >= 4 is 11.7 Å². The first-order chi connectivity index (χ1) is 6.36. The lowest BCUT2D eigenvalue weighted by atomic mass is 10.1. The predicted octanol–water partition coefficient (Wildman–Crippen LogP) is 1.31. The molecule has 0 fully saturated rings. The highest BCUT2D eigenvalue weighted by atomic mass is 16.1. The van der Waals surface area contributed by atoms with Gasteiger partial charge < -0.3 is 5.32 Å². The summed E-state index contributed by atoms with van der Waals surface area (Å²) in [4.78, 5) is 11.5. The van der Waals surface area contributed by atoms with Crippen LogP contribution in [0, 0.1) is 5.92 Å². The molecule has 1 aromatic heterocycles. The van der Waals surface area contributed by atoms with Crippen LogP contribution < -0.4 is 5.32 Å². The van der Waals surface area contributed by atoms with E-state index < -0.39 is 0 Å². The maximum Gasteiger partial charge on any atom is 0.229 e. The second-order valence-electron chi connectivity index (χ2n) is 3.10. The first kappa shape index (κ1) is 8.04. The molecular weight excluding hydrogens is 166 g/mol. The summed E-state index contributed by atoms with van der Waals surface area (Å²) in [7, 11) is 0. The fraction of sp³-hybridized carbons (Fsp3) is 0.333. The van der Waals surface area contributed by atoms with Gasteiger partial charge in [0, 0.05) is 12.0 Å². The lowest BCUT2D eigenvalue weighted by molar-refractivity contribution is -0.119. The number of hydrogen-bond donors (Lipinski definition) is 2. The molecule has 1 heterocycles. The van der Waals surface area contributed by atoms with Gasteiger partial charge in [-0.3, -0.25) is 9.89 Å². The maximum absolute atomic E-state index is 11.5. The van der Waals surface area contributed by atoms with Gasteiger partial charge in [-0.1, -0.05) is 12.2 Å². The highest BCUT2D eigenvalue weighted by Gasteiger charge is 2.19. The van der Waals surface area contributed by atoms with Crippen LogP contribution in [-0.4, -0.2) is 16.1 Å². The van der Waals surface area contributed by atoms with E-state index in [0.29, 0.717) is 5.82 Å². The highest BCUT2D eigenvalue weighted by Crippen LogP contribution is 2.18. The van der Waals surface area contributed by atoms with E-state index in [1.807, 2.05) is 12.2 Å². The largest absolute Gasteiger partial charge is 0.311 e. The summed E-state index contributed by atoms with van der Waals surface area (Å²) in [6.45, 7) is 0. The predicted molar refractivity (Wildman–Crippen MR) is 49.1 cm³/mol. The number of hydrogen-bond acceptors (Lipinski definition) is 2. The van der Waals surface area contributed by atoms with Crippen molar-refractivity contribution in [2.45, 2.75) is 12.8 Å². The van der Waals surface area contributed by atoms with Gasteiger partial charge in [-0.05, 0) is 12.8 Å². The Morgan fingerprint density at radius 3 is 2.92 bits per heavy atom. The molecule has 13 heavy (non-hydrogen) atoms. The summed E-state index contributed by atoms with van der Waals surface area (Å²) in [6, 6.07) is 1.74. The Bertz CT molecular complexity index is 308. The SMILES string of the molecule is O=C(Nc1ccn[nH]1)C1CC=CC1. The third-order valence-electron chi connectivity index (χ3n) is 2.14. The second-order valence-corrected chi connectivity index (χ2v) is 3.10. The van der Waals surface area contributed by atoms with Gasteiger partial charge >= 0.3 is 0 Å². The fourth-order valence-corrected chi connectivity index (χ4v) is 1.39. The number of anilines is 1. The summed E-state index contributed by atoms with van der Waals surface area (Å²) in [5.41, 5.74) is 0. The number of nitrogens with one attached hydrogen (secondary N) is 2. The number of amides is 1. The van der Waals surface area contributed by atoms with Gasteiger partial charge in [0.05, 0.1) is 6.20 Å². The molecule has 1 aromatic rings. The number of carbonyl (C=O) groups is 1. The Labute approximate surface area is 76.0 Å². The van der Waals surface area contributed by atoms with E-state index >= 15 is 0 Å². The van der Waals surface area contributed by atoms with Crippen LogP contribution in [0.3, 0.4) is 0 Å². The van der Waals surface area contributed by atoms with Crippen LogP contribution in [0.2, 0.25) is 0 Å². The number of rotatable bonds is 2. The van der Waals surface area contributed by atoms with Gasteiger partial charge in [0.15, 0.2) is 0 Å². The first-order valence-electron chi connectivity index (χ1n) is 4.31. The first-order valence-corrected chi connectivity index (χ1v) is 4.31. The van der Waals surface area contributed by atoms with Crippen LogP contribution in [-0.2, 0) is 4.79 Å². The van der Waals surface area contributed by atoms with Crippen LogP contribution in [0.5, 0.6) is 0 Å². The zero-order chi connectivity index (χ0) is 9.10. The standard InChI is InChI=1S/C9H11N3O/c13-9(7-3-1-2-4-7)11-8-5-6-10-12-8/h1-2,5-7H,3-4H2,(H2,10,11,12,13). The van der Waals surface area contributed by atoms with Crippen LogP contribution in [0.4, 0.5) is 5.82 Å². The molecule has 0 aromatic carbocycles. The molecule has 0 saturated heterocycles. The molecule has 0 radical (unpaired) electrons. The zero-order valence-corrected chi connectivity index (χ0v) is 7.16. The lowest BCUT2D eigenvalue weighted by Crippen LogP contribution is -2.20. The van der Waals surface area contributed by atoms with Gasteiger partial charge in [0.1, 0.15) is 5.82 Å². The minimum atomic E-state index is 0.0641. The molecule has 4 heteroatoms. The third-order valence-corrected chi connectivity index (χ3v) is 2.14. The molecule has 4 nitrogen and oxygen atoms in total. The van der Waals surface area contributed by atoms with Gasteiger partial charge in [-0.2, -0.15) is 5.10 Å². The average Bonchev–Trinajstić information content (AvgIpc) is 2.74. The van der Waals surface area contributed by atoms with Crippen LogP contribution in [0.15, 0.2) is 24.4 Å². The van der Waals surface area contributed by atoms with Crippen molar-refractivity contribution in [3.63, 3.8) is 0 Å². The van der Waals surface area contributed by atoms with Crippen molar-refractivity contribution < 1.29 is 4.79 Å². The van der Waals surface area contributed by atoms with Crippen LogP contribution in [0.25, 0.3) is 0 Å². The van der Waals surface area contributed by atoms with Crippen molar-refractivity contribution in [2.75, 3.05) is 5.32 Å². The summed E-state index contributed by atoms with van der Waals surface area (Å²) in [5, 5.41) is 9.20.